The average Bonchev–Trinajstić information content (AvgIpc) is 2.84. The molecule has 1 aliphatic heterocycles. The van der Waals surface area contributed by atoms with Gasteiger partial charge < -0.3 is 24.6 Å². The molecule has 0 aromatic heterocycles. The zero-order chi connectivity index (χ0) is 23.8. The predicted octanol–water partition coefficient (Wildman–Crippen LogP) is 3.28. The van der Waals surface area contributed by atoms with E-state index in [1.165, 1.54) is 7.11 Å². The lowest BCUT2D eigenvalue weighted by Gasteiger charge is -2.36. The summed E-state index contributed by atoms with van der Waals surface area (Å²) in [5.74, 6) is 0.854. The van der Waals surface area contributed by atoms with Crippen molar-refractivity contribution in [3.63, 3.8) is 0 Å². The average molecular weight is 471 g/mol. The molecule has 3 rings (SSSR count). The molecular weight excluding hydrogens is 440 g/mol. The van der Waals surface area contributed by atoms with Crippen molar-refractivity contribution >= 4 is 40.5 Å². The molecule has 0 bridgehead atoms. The fourth-order valence-electron chi connectivity index (χ4n) is 3.66. The van der Waals surface area contributed by atoms with Crippen molar-refractivity contribution in [2.75, 3.05) is 50.6 Å². The topological polar surface area (TPSA) is 83.1 Å². The van der Waals surface area contributed by atoms with Gasteiger partial charge in [-0.25, -0.2) is 0 Å². The second-order valence-corrected chi connectivity index (χ2v) is 8.05. The van der Waals surface area contributed by atoms with Gasteiger partial charge in [-0.05, 0) is 55.0 Å². The van der Waals surface area contributed by atoms with Gasteiger partial charge in [-0.1, -0.05) is 6.92 Å². The van der Waals surface area contributed by atoms with Crippen LogP contribution >= 0.6 is 12.2 Å². The van der Waals surface area contributed by atoms with Gasteiger partial charge in [0.2, 0.25) is 5.91 Å². The van der Waals surface area contributed by atoms with Crippen molar-refractivity contribution in [2.24, 2.45) is 0 Å². The van der Waals surface area contributed by atoms with Gasteiger partial charge in [0.05, 0.1) is 19.8 Å². The van der Waals surface area contributed by atoms with Gasteiger partial charge >= 0.3 is 0 Å². The molecule has 2 aromatic carbocycles. The quantitative estimate of drug-likeness (QED) is 0.601. The molecule has 2 amide bonds. The molecule has 176 valence electrons. The summed E-state index contributed by atoms with van der Waals surface area (Å²) in [4.78, 5) is 28.9. The Hall–Kier alpha value is -3.33. The van der Waals surface area contributed by atoms with Crippen molar-refractivity contribution in [1.29, 1.82) is 0 Å². The molecular formula is C24H30N4O4S. The fourth-order valence-corrected chi connectivity index (χ4v) is 3.87. The number of hydrogen-bond donors (Lipinski definition) is 2. The largest absolute Gasteiger partial charge is 0.497 e. The number of ether oxygens (including phenoxy) is 2. The highest BCUT2D eigenvalue weighted by molar-refractivity contribution is 7.80. The summed E-state index contributed by atoms with van der Waals surface area (Å²) in [7, 11) is 3.04. The van der Waals surface area contributed by atoms with Crippen molar-refractivity contribution in [1.82, 2.24) is 10.2 Å². The molecule has 2 N–H and O–H groups in total. The van der Waals surface area contributed by atoms with E-state index in [1.807, 2.05) is 36.1 Å². The maximum Gasteiger partial charge on any atom is 0.261 e. The molecule has 2 aromatic rings. The van der Waals surface area contributed by atoms with Crippen LogP contribution in [0.3, 0.4) is 0 Å². The minimum Gasteiger partial charge on any atom is -0.497 e. The number of anilines is 2. The van der Waals surface area contributed by atoms with Crippen LogP contribution in [0.4, 0.5) is 11.4 Å². The summed E-state index contributed by atoms with van der Waals surface area (Å²) >= 11 is 5.30. The van der Waals surface area contributed by atoms with Crippen LogP contribution < -0.4 is 25.0 Å². The summed E-state index contributed by atoms with van der Waals surface area (Å²) in [5, 5.41) is 5.89. The highest BCUT2D eigenvalue weighted by Gasteiger charge is 2.20. The molecule has 1 aliphatic rings. The maximum absolute atomic E-state index is 12.6. The molecule has 0 atom stereocenters. The van der Waals surface area contributed by atoms with Crippen LogP contribution in [0.25, 0.3) is 0 Å². The first-order chi connectivity index (χ1) is 15.9. The van der Waals surface area contributed by atoms with Crippen molar-refractivity contribution in [2.45, 2.75) is 19.8 Å². The van der Waals surface area contributed by atoms with Crippen LogP contribution in [0, 0.1) is 0 Å². The van der Waals surface area contributed by atoms with Crippen LogP contribution in [0.5, 0.6) is 11.5 Å². The number of nitrogens with zero attached hydrogens (tertiary/aromatic N) is 2. The number of piperazine rings is 1. The molecule has 0 radical (unpaired) electrons. The number of methoxy groups -OCH3 is 2. The molecule has 1 fully saturated rings. The molecule has 33 heavy (non-hydrogen) atoms. The Morgan fingerprint density at radius 3 is 2.30 bits per heavy atom. The van der Waals surface area contributed by atoms with Gasteiger partial charge in [0.25, 0.3) is 5.91 Å². The molecule has 1 heterocycles. The number of carbonyl (C=O) groups excluding carboxylic acids is 2. The summed E-state index contributed by atoms with van der Waals surface area (Å²) in [6, 6.07) is 12.8. The first-order valence-corrected chi connectivity index (χ1v) is 11.3. The highest BCUT2D eigenvalue weighted by Crippen LogP contribution is 2.24. The number of nitrogens with one attached hydrogen (secondary N) is 2. The molecule has 9 heteroatoms. The lowest BCUT2D eigenvalue weighted by atomic mass is 10.2. The van der Waals surface area contributed by atoms with Crippen molar-refractivity contribution in [3.05, 3.63) is 48.0 Å². The van der Waals surface area contributed by atoms with E-state index in [0.717, 1.165) is 44.0 Å². The minimum absolute atomic E-state index is 0.189. The second-order valence-electron chi connectivity index (χ2n) is 7.64. The SMILES string of the molecule is CCCC(=O)N1CCN(c2ccc(NC(=S)NC(=O)c3ccc(OC)cc3OC)cc2)CC1. The number of amides is 2. The van der Waals surface area contributed by atoms with Crippen molar-refractivity contribution < 1.29 is 19.1 Å². The summed E-state index contributed by atoms with van der Waals surface area (Å²) in [6.45, 7) is 5.12. The molecule has 0 saturated carbocycles. The number of benzene rings is 2. The predicted molar refractivity (Wildman–Crippen MR) is 133 cm³/mol. The third kappa shape index (κ3) is 6.35. The first kappa shape index (κ1) is 24.3. The number of thiocarbonyl (C=S) groups is 1. The number of carbonyl (C=O) groups is 2. The first-order valence-electron chi connectivity index (χ1n) is 10.9. The fraction of sp³-hybridized carbons (Fsp3) is 0.375. The van der Waals surface area contributed by atoms with E-state index in [1.54, 1.807) is 25.3 Å². The lowest BCUT2D eigenvalue weighted by molar-refractivity contribution is -0.131. The van der Waals surface area contributed by atoms with Crippen LogP contribution in [0.2, 0.25) is 0 Å². The van der Waals surface area contributed by atoms with Gasteiger partial charge in [0, 0.05) is 50.0 Å². The molecule has 0 spiro atoms. The van der Waals surface area contributed by atoms with Crippen molar-refractivity contribution in [3.8, 4) is 11.5 Å². The van der Waals surface area contributed by atoms with Crippen LogP contribution in [-0.2, 0) is 4.79 Å². The van der Waals surface area contributed by atoms with E-state index in [2.05, 4.69) is 15.5 Å². The Balaban J connectivity index is 1.53. The maximum atomic E-state index is 12.6. The molecule has 1 saturated heterocycles. The van der Waals surface area contributed by atoms with Crippen LogP contribution in [0.1, 0.15) is 30.1 Å². The zero-order valence-corrected chi connectivity index (χ0v) is 20.0. The Labute approximate surface area is 199 Å². The van der Waals surface area contributed by atoms with E-state index in [4.69, 9.17) is 21.7 Å². The Morgan fingerprint density at radius 1 is 1.00 bits per heavy atom. The van der Waals surface area contributed by atoms with E-state index >= 15 is 0 Å². The molecule has 0 aliphatic carbocycles. The smallest absolute Gasteiger partial charge is 0.261 e. The Kier molecular flexibility index (Phi) is 8.48. The monoisotopic (exact) mass is 470 g/mol. The van der Waals surface area contributed by atoms with E-state index < -0.39 is 0 Å². The Bertz CT molecular complexity index is 988. The van der Waals surface area contributed by atoms with Gasteiger partial charge in [-0.2, -0.15) is 0 Å². The van der Waals surface area contributed by atoms with Crippen LogP contribution in [-0.4, -0.2) is 62.2 Å². The van der Waals surface area contributed by atoms with E-state index in [0.29, 0.717) is 23.5 Å². The van der Waals surface area contributed by atoms with Gasteiger partial charge in [0.15, 0.2) is 5.11 Å². The zero-order valence-electron chi connectivity index (χ0n) is 19.2. The molecule has 8 nitrogen and oxygen atoms in total. The molecule has 0 unspecified atom stereocenters. The van der Waals surface area contributed by atoms with Gasteiger partial charge in [0.1, 0.15) is 11.5 Å². The standard InChI is InChI=1S/C24H30N4O4S/c1-4-5-22(29)28-14-12-27(13-15-28)18-8-6-17(7-9-18)25-24(33)26-23(30)20-11-10-19(31-2)16-21(20)32-3/h6-11,16H,4-5,12-15H2,1-3H3,(H2,25,26,30,33). The van der Waals surface area contributed by atoms with E-state index in [-0.39, 0.29) is 16.9 Å². The third-order valence-corrected chi connectivity index (χ3v) is 5.67. The minimum atomic E-state index is -0.376. The third-order valence-electron chi connectivity index (χ3n) is 5.47. The summed E-state index contributed by atoms with van der Waals surface area (Å²) in [6.07, 6.45) is 1.49. The normalized spacial score (nSPS) is 13.3. The van der Waals surface area contributed by atoms with Crippen LogP contribution in [0.15, 0.2) is 42.5 Å². The Morgan fingerprint density at radius 2 is 1.70 bits per heavy atom. The highest BCUT2D eigenvalue weighted by atomic mass is 32.1. The second kappa shape index (κ2) is 11.5. The van der Waals surface area contributed by atoms with Gasteiger partial charge in [-0.15, -0.1) is 0 Å². The number of rotatable bonds is 7. The lowest BCUT2D eigenvalue weighted by Crippen LogP contribution is -2.48. The summed E-state index contributed by atoms with van der Waals surface area (Å²) < 4.78 is 10.4. The van der Waals surface area contributed by atoms with E-state index in [9.17, 15) is 9.59 Å². The summed E-state index contributed by atoms with van der Waals surface area (Å²) in [5.41, 5.74) is 2.21. The van der Waals surface area contributed by atoms with Gasteiger partial charge in [-0.3, -0.25) is 14.9 Å². The number of hydrogen-bond acceptors (Lipinski definition) is 6.